The number of aliphatic imine (C=N–C) groups is 1. The fourth-order valence-corrected chi connectivity index (χ4v) is 4.74. The van der Waals surface area contributed by atoms with Gasteiger partial charge in [-0.1, -0.05) is 29.8 Å². The van der Waals surface area contributed by atoms with E-state index in [0.717, 1.165) is 28.6 Å². The number of nitrogens with zero attached hydrogens (tertiary/aromatic N) is 2. The Balaban J connectivity index is 1.79. The van der Waals surface area contributed by atoms with Gasteiger partial charge < -0.3 is 10.5 Å². The van der Waals surface area contributed by atoms with Crippen LogP contribution in [0.25, 0.3) is 0 Å². The number of rotatable bonds is 1. The Hall–Kier alpha value is -1.27. The number of fused-ring (bicyclic) bond motifs is 2. The second kappa shape index (κ2) is 5.36. The molecule has 2 N–H and O–H groups in total. The van der Waals surface area contributed by atoms with E-state index in [4.69, 9.17) is 20.3 Å². The van der Waals surface area contributed by atoms with E-state index in [1.54, 1.807) is 12.1 Å². The number of hydrogen-bond acceptors (Lipinski definition) is 5. The molecular formula is C18H24BrN3O2. The third kappa shape index (κ3) is 2.42. The number of ether oxygens (including phenoxy) is 1. The molecule has 3 aliphatic rings. The van der Waals surface area contributed by atoms with Gasteiger partial charge in [-0.05, 0) is 49.3 Å². The van der Waals surface area contributed by atoms with E-state index in [-0.39, 0.29) is 5.60 Å². The maximum atomic E-state index is 6.54. The quantitative estimate of drug-likeness (QED) is 0.788. The van der Waals surface area contributed by atoms with Gasteiger partial charge in [0.05, 0.1) is 5.56 Å². The molecule has 2 spiro atoms. The molecule has 130 valence electrons. The number of halogens is 1. The monoisotopic (exact) mass is 393 g/mol. The Labute approximate surface area is 151 Å². The zero-order chi connectivity index (χ0) is 17.1. The minimum Gasteiger partial charge on any atom is -0.487 e. The van der Waals surface area contributed by atoms with Crippen molar-refractivity contribution in [3.8, 4) is 5.75 Å². The molecule has 24 heavy (non-hydrogen) atoms. The van der Waals surface area contributed by atoms with Gasteiger partial charge in [-0.25, -0.2) is 14.9 Å². The van der Waals surface area contributed by atoms with E-state index in [2.05, 4.69) is 29.8 Å². The number of benzene rings is 1. The zero-order valence-electron chi connectivity index (χ0n) is 14.4. The summed E-state index contributed by atoms with van der Waals surface area (Å²) in [6.07, 6.45) is 3.98. The topological polar surface area (TPSA) is 60.1 Å². The summed E-state index contributed by atoms with van der Waals surface area (Å²) in [5.41, 5.74) is 5.99. The lowest BCUT2D eigenvalue weighted by Gasteiger charge is -2.43. The van der Waals surface area contributed by atoms with Crippen molar-refractivity contribution >= 4 is 21.9 Å². The third-order valence-electron chi connectivity index (χ3n) is 5.70. The molecule has 5 nitrogen and oxygen atoms in total. The number of hydroxylamine groups is 2. The fraction of sp³-hybridized carbons (Fsp3) is 0.611. The van der Waals surface area contributed by atoms with Crippen LogP contribution < -0.4 is 10.5 Å². The van der Waals surface area contributed by atoms with Crippen molar-refractivity contribution in [1.29, 1.82) is 0 Å². The van der Waals surface area contributed by atoms with Gasteiger partial charge in [0.1, 0.15) is 11.4 Å². The molecule has 1 fully saturated rings. The summed E-state index contributed by atoms with van der Waals surface area (Å²) in [6, 6.07) is 6.05. The lowest BCUT2D eigenvalue weighted by atomic mass is 9.82. The molecule has 3 atom stereocenters. The molecule has 6 heteroatoms. The normalized spacial score (nSPS) is 34.8. The molecule has 0 radical (unpaired) electrons. The average molecular weight is 394 g/mol. The van der Waals surface area contributed by atoms with Crippen LogP contribution in [0.5, 0.6) is 5.75 Å². The van der Waals surface area contributed by atoms with Gasteiger partial charge >= 0.3 is 0 Å². The van der Waals surface area contributed by atoms with Crippen LogP contribution in [0.1, 0.15) is 45.1 Å². The first-order chi connectivity index (χ1) is 11.3. The van der Waals surface area contributed by atoms with Crippen LogP contribution in [0.4, 0.5) is 0 Å². The highest BCUT2D eigenvalue weighted by atomic mass is 79.9. The van der Waals surface area contributed by atoms with E-state index in [9.17, 15) is 0 Å². The molecule has 0 aromatic heterocycles. The molecule has 2 heterocycles. The van der Waals surface area contributed by atoms with Gasteiger partial charge in [-0.2, -0.15) is 0 Å². The van der Waals surface area contributed by atoms with Crippen LogP contribution in [0.15, 0.2) is 27.7 Å². The summed E-state index contributed by atoms with van der Waals surface area (Å²) >= 11 is 3.55. The first-order valence-electron chi connectivity index (χ1n) is 8.60. The molecule has 2 aliphatic heterocycles. The highest BCUT2D eigenvalue weighted by Crippen LogP contribution is 2.55. The zero-order valence-corrected chi connectivity index (χ0v) is 16.0. The molecule has 0 amide bonds. The summed E-state index contributed by atoms with van der Waals surface area (Å²) in [5, 5.41) is 1.57. The van der Waals surface area contributed by atoms with Crippen molar-refractivity contribution in [1.82, 2.24) is 5.06 Å². The summed E-state index contributed by atoms with van der Waals surface area (Å²) in [4.78, 5) is 10.9. The van der Waals surface area contributed by atoms with Gasteiger partial charge in [-0.3, -0.25) is 0 Å². The van der Waals surface area contributed by atoms with Crippen LogP contribution in [-0.2, 0) is 10.6 Å². The first kappa shape index (κ1) is 16.2. The Morgan fingerprint density at radius 3 is 2.83 bits per heavy atom. The minimum atomic E-state index is -0.776. The van der Waals surface area contributed by atoms with E-state index in [0.29, 0.717) is 24.2 Å². The molecule has 3 unspecified atom stereocenters. The second-order valence-electron chi connectivity index (χ2n) is 7.69. The highest BCUT2D eigenvalue weighted by Gasteiger charge is 2.56. The molecule has 0 bridgehead atoms. The molecule has 4 rings (SSSR count). The summed E-state index contributed by atoms with van der Waals surface area (Å²) in [6.45, 7) is 4.59. The van der Waals surface area contributed by atoms with Crippen LogP contribution in [0.3, 0.4) is 0 Å². The van der Waals surface area contributed by atoms with Crippen molar-refractivity contribution in [2.45, 2.75) is 50.9 Å². The molecule has 1 aromatic rings. The van der Waals surface area contributed by atoms with E-state index >= 15 is 0 Å². The molecule has 1 saturated carbocycles. The largest absolute Gasteiger partial charge is 0.487 e. The number of guanidine groups is 1. The van der Waals surface area contributed by atoms with Crippen LogP contribution >= 0.6 is 15.9 Å². The van der Waals surface area contributed by atoms with Gasteiger partial charge in [0.15, 0.2) is 0 Å². The standard InChI is InChI=1S/C18H24BrN3O2/c1-11(2)12-6-7-17(9-12)10-18(21-16(20)22(3)24-18)14-8-13(19)4-5-15(14)23-17/h4-5,8,11-12H,6-7,9-10H2,1-3H3,(H2,20,21). The van der Waals surface area contributed by atoms with Crippen molar-refractivity contribution < 1.29 is 9.57 Å². The number of hydrogen-bond donors (Lipinski definition) is 1. The Kier molecular flexibility index (Phi) is 3.62. The SMILES string of the molecule is CC(C)C1CCC2(C1)CC1(N=C(N)N(C)O1)c1cc(Br)ccc1O2. The Morgan fingerprint density at radius 1 is 1.42 bits per heavy atom. The van der Waals surface area contributed by atoms with Crippen molar-refractivity contribution in [3.63, 3.8) is 0 Å². The molecule has 1 aromatic carbocycles. The third-order valence-corrected chi connectivity index (χ3v) is 6.20. The van der Waals surface area contributed by atoms with E-state index in [1.807, 2.05) is 18.2 Å². The predicted octanol–water partition coefficient (Wildman–Crippen LogP) is 3.77. The lowest BCUT2D eigenvalue weighted by Crippen LogP contribution is -2.47. The van der Waals surface area contributed by atoms with Gasteiger partial charge in [0.25, 0.3) is 0 Å². The van der Waals surface area contributed by atoms with E-state index < -0.39 is 5.72 Å². The predicted molar refractivity (Wildman–Crippen MR) is 96.4 cm³/mol. The summed E-state index contributed by atoms with van der Waals surface area (Å²) in [7, 11) is 1.80. The molecule has 0 saturated heterocycles. The van der Waals surface area contributed by atoms with Gasteiger partial charge in [-0.15, -0.1) is 0 Å². The van der Waals surface area contributed by atoms with Crippen LogP contribution in [0.2, 0.25) is 0 Å². The molecular weight excluding hydrogens is 370 g/mol. The maximum Gasteiger partial charge on any atom is 0.222 e. The van der Waals surface area contributed by atoms with Gasteiger partial charge in [0.2, 0.25) is 11.7 Å². The van der Waals surface area contributed by atoms with Crippen molar-refractivity contribution in [2.24, 2.45) is 22.6 Å². The maximum absolute atomic E-state index is 6.54. The first-order valence-corrected chi connectivity index (χ1v) is 9.39. The van der Waals surface area contributed by atoms with E-state index in [1.165, 1.54) is 6.42 Å². The van der Waals surface area contributed by atoms with Crippen molar-refractivity contribution in [2.75, 3.05) is 7.05 Å². The Bertz CT molecular complexity index is 708. The highest BCUT2D eigenvalue weighted by molar-refractivity contribution is 9.10. The summed E-state index contributed by atoms with van der Waals surface area (Å²) < 4.78 is 7.53. The fourth-order valence-electron chi connectivity index (χ4n) is 4.38. The van der Waals surface area contributed by atoms with Gasteiger partial charge in [0, 0.05) is 17.9 Å². The van der Waals surface area contributed by atoms with Crippen LogP contribution in [0, 0.1) is 11.8 Å². The van der Waals surface area contributed by atoms with Crippen molar-refractivity contribution in [3.05, 3.63) is 28.2 Å². The smallest absolute Gasteiger partial charge is 0.222 e. The average Bonchev–Trinajstić information content (AvgIpc) is 3.03. The lowest BCUT2D eigenvalue weighted by molar-refractivity contribution is -0.203. The molecule has 1 aliphatic carbocycles. The minimum absolute atomic E-state index is 0.218. The Morgan fingerprint density at radius 2 is 2.21 bits per heavy atom. The second-order valence-corrected chi connectivity index (χ2v) is 8.61. The summed E-state index contributed by atoms with van der Waals surface area (Å²) in [5.74, 6) is 2.62. The van der Waals surface area contributed by atoms with Crippen LogP contribution in [-0.4, -0.2) is 23.7 Å². The number of nitrogens with two attached hydrogens (primary N) is 1.